The molecule has 64 valence electrons. The van der Waals surface area contributed by atoms with E-state index in [-0.39, 0.29) is 5.57 Å². The van der Waals surface area contributed by atoms with Crippen LogP contribution in [0.15, 0.2) is 17.2 Å². The number of carbonyl (C=O) groups is 1. The number of hydrogen-bond donors (Lipinski definition) is 0. The van der Waals surface area contributed by atoms with Gasteiger partial charge in [0.25, 0.3) is 5.91 Å². The van der Waals surface area contributed by atoms with Crippen molar-refractivity contribution in [2.24, 2.45) is 0 Å². The highest BCUT2D eigenvalue weighted by molar-refractivity contribution is 5.94. The van der Waals surface area contributed by atoms with Crippen LogP contribution in [0.1, 0.15) is 6.92 Å². The maximum atomic E-state index is 11.9. The van der Waals surface area contributed by atoms with Crippen LogP contribution < -0.4 is 5.32 Å². The number of carbonyl (C=O) groups excluding carboxylic acids is 1. The molecule has 2 radical (unpaired) electrons. The Hall–Kier alpha value is -1.26. The molecular formula is C7H4F3NO. The highest BCUT2D eigenvalue weighted by Crippen LogP contribution is 2.28. The van der Waals surface area contributed by atoms with Gasteiger partial charge in [-0.25, -0.2) is 5.32 Å². The molecule has 2 nitrogen and oxygen atoms in total. The molecule has 1 aliphatic heterocycles. The molecule has 5 heteroatoms. The molecule has 12 heavy (non-hydrogen) atoms. The molecule has 0 fully saturated rings. The molecule has 0 aromatic carbocycles. The first-order valence-electron chi connectivity index (χ1n) is 3.05. The van der Waals surface area contributed by atoms with Crippen molar-refractivity contribution < 1.29 is 18.0 Å². The molecule has 1 heterocycles. The van der Waals surface area contributed by atoms with Crippen molar-refractivity contribution in [3.8, 4) is 0 Å². The summed E-state index contributed by atoms with van der Waals surface area (Å²) in [4.78, 5) is 10.6. The van der Waals surface area contributed by atoms with Gasteiger partial charge in [0.15, 0.2) is 0 Å². The maximum Gasteiger partial charge on any atom is 0.418 e. The van der Waals surface area contributed by atoms with Crippen LogP contribution in [-0.2, 0) is 4.79 Å². The second-order valence-corrected chi connectivity index (χ2v) is 2.27. The fourth-order valence-electron chi connectivity index (χ4n) is 0.655. The van der Waals surface area contributed by atoms with Crippen molar-refractivity contribution in [2.75, 3.05) is 0 Å². The van der Waals surface area contributed by atoms with E-state index in [0.29, 0.717) is 0 Å². The van der Waals surface area contributed by atoms with Crippen molar-refractivity contribution >= 4 is 5.91 Å². The largest absolute Gasteiger partial charge is 0.418 e. The molecule has 0 unspecified atom stereocenters. The molecule has 0 saturated heterocycles. The molecule has 0 aromatic rings. The Morgan fingerprint density at radius 1 is 1.50 bits per heavy atom. The fourth-order valence-corrected chi connectivity index (χ4v) is 0.655. The lowest BCUT2D eigenvalue weighted by molar-refractivity contribution is -0.117. The predicted molar refractivity (Wildman–Crippen MR) is 33.7 cm³/mol. The van der Waals surface area contributed by atoms with Crippen LogP contribution in [-0.4, -0.2) is 12.1 Å². The predicted octanol–water partition coefficient (Wildman–Crippen LogP) is 1.33. The lowest BCUT2D eigenvalue weighted by Crippen LogP contribution is -2.22. The second kappa shape index (κ2) is 2.66. The van der Waals surface area contributed by atoms with Gasteiger partial charge in [-0.15, -0.1) is 0 Å². The number of halogens is 3. The zero-order chi connectivity index (χ0) is 9.35. The number of alkyl halides is 3. The highest BCUT2D eigenvalue weighted by Gasteiger charge is 2.35. The van der Waals surface area contributed by atoms with Crippen LogP contribution in [0.25, 0.3) is 0 Å². The summed E-state index contributed by atoms with van der Waals surface area (Å²) in [5.41, 5.74) is -1.04. The summed E-state index contributed by atoms with van der Waals surface area (Å²) >= 11 is 0. The van der Waals surface area contributed by atoms with E-state index in [4.69, 9.17) is 0 Å². The van der Waals surface area contributed by atoms with Gasteiger partial charge in [-0.3, -0.25) is 4.79 Å². The third-order valence-corrected chi connectivity index (χ3v) is 1.28. The summed E-state index contributed by atoms with van der Waals surface area (Å²) < 4.78 is 35.8. The summed E-state index contributed by atoms with van der Waals surface area (Å²) in [7, 11) is 0. The fraction of sp³-hybridized carbons (Fsp3) is 0.286. The maximum absolute atomic E-state index is 11.9. The van der Waals surface area contributed by atoms with Gasteiger partial charge < -0.3 is 0 Å². The van der Waals surface area contributed by atoms with Gasteiger partial charge in [-0.1, -0.05) is 0 Å². The topological polar surface area (TPSA) is 31.2 Å². The average Bonchev–Trinajstić information content (AvgIpc) is 1.92. The van der Waals surface area contributed by atoms with Gasteiger partial charge in [0.2, 0.25) is 0 Å². The zero-order valence-electron chi connectivity index (χ0n) is 6.07. The Morgan fingerprint density at radius 2 is 2.08 bits per heavy atom. The minimum atomic E-state index is -4.48. The Kier molecular flexibility index (Phi) is 1.95. The van der Waals surface area contributed by atoms with E-state index in [1.54, 1.807) is 6.20 Å². The van der Waals surface area contributed by atoms with E-state index >= 15 is 0 Å². The molecular weight excluding hydrogens is 171 g/mol. The summed E-state index contributed by atoms with van der Waals surface area (Å²) in [6.07, 6.45) is -2.12. The number of nitrogens with zero attached hydrogens (tertiary/aromatic N) is 1. The minimum absolute atomic E-state index is 0.0268. The van der Waals surface area contributed by atoms with E-state index in [1.165, 1.54) is 6.92 Å². The summed E-state index contributed by atoms with van der Waals surface area (Å²) in [6.45, 7) is 1.28. The molecule has 0 aromatic heterocycles. The van der Waals surface area contributed by atoms with Crippen molar-refractivity contribution in [2.45, 2.75) is 13.1 Å². The standard InChI is InChI=1S/C7H4F3NO/c1-4-2-5(7(8,9)10)3-11-6(4)12/h2H,1H3. The van der Waals surface area contributed by atoms with Crippen LogP contribution in [0.5, 0.6) is 0 Å². The third-order valence-electron chi connectivity index (χ3n) is 1.28. The SMILES string of the molecule is CC1=CC(C(F)(F)F)=[C][N]C1=O. The van der Waals surface area contributed by atoms with Gasteiger partial charge in [0.05, 0.1) is 5.57 Å². The average molecular weight is 175 g/mol. The first-order chi connectivity index (χ1) is 5.41. The van der Waals surface area contributed by atoms with Crippen molar-refractivity contribution in [1.82, 2.24) is 5.32 Å². The van der Waals surface area contributed by atoms with Crippen LogP contribution in [0.2, 0.25) is 0 Å². The number of rotatable bonds is 0. The third kappa shape index (κ3) is 1.66. The smallest absolute Gasteiger partial charge is 0.267 e. The zero-order valence-corrected chi connectivity index (χ0v) is 6.07. The van der Waals surface area contributed by atoms with Gasteiger partial charge >= 0.3 is 6.18 Å². The Labute approximate surface area is 66.8 Å². The molecule has 1 aliphatic rings. The first kappa shape index (κ1) is 8.83. The Morgan fingerprint density at radius 3 is 2.50 bits per heavy atom. The van der Waals surface area contributed by atoms with E-state index < -0.39 is 17.7 Å². The van der Waals surface area contributed by atoms with Crippen LogP contribution in [0, 0.1) is 6.20 Å². The van der Waals surface area contributed by atoms with Crippen molar-refractivity contribution in [3.05, 3.63) is 23.4 Å². The molecule has 0 atom stereocenters. The lowest BCUT2D eigenvalue weighted by Gasteiger charge is -2.11. The van der Waals surface area contributed by atoms with Crippen LogP contribution in [0.3, 0.4) is 0 Å². The lowest BCUT2D eigenvalue weighted by atomic mass is 10.1. The highest BCUT2D eigenvalue weighted by atomic mass is 19.4. The van der Waals surface area contributed by atoms with Crippen LogP contribution in [0.4, 0.5) is 13.2 Å². The minimum Gasteiger partial charge on any atom is -0.267 e. The van der Waals surface area contributed by atoms with Crippen molar-refractivity contribution in [1.29, 1.82) is 0 Å². The quantitative estimate of drug-likeness (QED) is 0.546. The molecule has 1 amide bonds. The molecule has 0 N–H and O–H groups in total. The van der Waals surface area contributed by atoms with E-state index in [0.717, 1.165) is 6.08 Å². The van der Waals surface area contributed by atoms with Crippen LogP contribution >= 0.6 is 0 Å². The van der Waals surface area contributed by atoms with Gasteiger partial charge in [0, 0.05) is 5.57 Å². The normalized spacial score (nSPS) is 18.2. The Bertz CT molecular complexity index is 275. The number of allylic oxidation sites excluding steroid dienone is 2. The van der Waals surface area contributed by atoms with E-state index in [9.17, 15) is 18.0 Å². The number of amides is 1. The van der Waals surface area contributed by atoms with Gasteiger partial charge in [0.1, 0.15) is 6.20 Å². The molecule has 0 aliphatic carbocycles. The van der Waals surface area contributed by atoms with E-state index in [1.807, 2.05) is 0 Å². The van der Waals surface area contributed by atoms with Gasteiger partial charge in [-0.05, 0) is 13.0 Å². The second-order valence-electron chi connectivity index (χ2n) is 2.27. The monoisotopic (exact) mass is 175 g/mol. The molecule has 0 saturated carbocycles. The first-order valence-corrected chi connectivity index (χ1v) is 3.05. The Balaban J connectivity index is 2.93. The summed E-state index contributed by atoms with van der Waals surface area (Å²) in [5, 5.41) is 2.94. The van der Waals surface area contributed by atoms with Gasteiger partial charge in [-0.2, -0.15) is 13.2 Å². The number of hydrogen-bond acceptors (Lipinski definition) is 1. The molecule has 1 rings (SSSR count). The summed E-state index contributed by atoms with van der Waals surface area (Å²) in [5.74, 6) is -0.678. The van der Waals surface area contributed by atoms with E-state index in [2.05, 4.69) is 5.32 Å². The summed E-state index contributed by atoms with van der Waals surface area (Å²) in [6, 6.07) is 0. The molecule has 0 bridgehead atoms. The molecule has 0 spiro atoms. The van der Waals surface area contributed by atoms with Crippen molar-refractivity contribution in [3.63, 3.8) is 0 Å².